The molecule has 0 aliphatic carbocycles. The molecule has 0 saturated carbocycles. The van der Waals surface area contributed by atoms with E-state index in [9.17, 15) is 9.59 Å². The van der Waals surface area contributed by atoms with E-state index in [-0.39, 0.29) is 79.5 Å². The largest absolute Gasteiger partial charge is 1.00 e. The molecule has 1 rings (SSSR count). The topological polar surface area (TPSA) is 74.6 Å². The Labute approximate surface area is 157 Å². The Hall–Kier alpha value is 0.394. The third-order valence-electron chi connectivity index (χ3n) is 2.34. The Kier molecular flexibility index (Phi) is 9.85. The minimum Gasteiger partial charge on any atom is -1.00 e. The van der Waals surface area contributed by atoms with Crippen LogP contribution in [0.3, 0.4) is 0 Å². The smallest absolute Gasteiger partial charge is 1.00 e. The van der Waals surface area contributed by atoms with Gasteiger partial charge in [0.15, 0.2) is 5.41 Å². The maximum Gasteiger partial charge on any atom is 1.00 e. The molecular weight excluding hydrogens is 242 g/mol. The summed E-state index contributed by atoms with van der Waals surface area (Å²) in [5, 5.41) is 17.8. The number of carbonyl (C=O) groups is 2. The molecule has 1 aromatic carbocycles. The molecule has 0 saturated heterocycles. The fourth-order valence-corrected chi connectivity index (χ4v) is 1.25. The summed E-state index contributed by atoms with van der Waals surface area (Å²) in [6.07, 6.45) is -0.0154. The van der Waals surface area contributed by atoms with E-state index in [0.717, 1.165) is 0 Å². The molecule has 17 heavy (non-hydrogen) atoms. The van der Waals surface area contributed by atoms with E-state index in [1.807, 2.05) is 0 Å². The molecule has 0 amide bonds. The number of carboxylic acids is 2. The second-order valence-corrected chi connectivity index (χ2v) is 3.60. The van der Waals surface area contributed by atoms with Crippen LogP contribution < -0.4 is 70.2 Å². The Morgan fingerprint density at radius 3 is 1.94 bits per heavy atom. The van der Waals surface area contributed by atoms with Gasteiger partial charge in [-0.2, -0.15) is 0 Å². The van der Waals surface area contributed by atoms with Crippen molar-refractivity contribution < 1.29 is 92.9 Å². The predicted octanol–water partition coefficient (Wildman–Crippen LogP) is -4.36. The first kappa shape index (κ1) is 19.7. The zero-order valence-electron chi connectivity index (χ0n) is 12.3. The number of hydrogen-bond acceptors (Lipinski definition) is 2. The molecule has 0 spiro atoms. The van der Waals surface area contributed by atoms with Crippen LogP contribution in [0.1, 0.15) is 15.3 Å². The minimum atomic E-state index is -1.76. The zero-order chi connectivity index (χ0) is 11.5. The summed E-state index contributed by atoms with van der Waals surface area (Å²) >= 11 is 0. The third kappa shape index (κ3) is 5.27. The van der Waals surface area contributed by atoms with Crippen molar-refractivity contribution in [3.63, 3.8) is 0 Å². The minimum absolute atomic E-state index is 0. The average molecular weight is 256 g/mol. The van der Waals surface area contributed by atoms with E-state index in [4.69, 9.17) is 10.2 Å². The van der Waals surface area contributed by atoms with E-state index in [1.54, 1.807) is 30.3 Å². The van der Waals surface area contributed by atoms with Gasteiger partial charge in [-0.25, -0.2) is 0 Å². The van der Waals surface area contributed by atoms with Crippen LogP contribution >= 0.6 is 0 Å². The van der Waals surface area contributed by atoms with Crippen LogP contribution in [0.2, 0.25) is 0 Å². The van der Waals surface area contributed by atoms with Gasteiger partial charge in [-0.3, -0.25) is 9.59 Å². The van der Waals surface area contributed by atoms with Gasteiger partial charge < -0.3 is 13.1 Å². The summed E-state index contributed by atoms with van der Waals surface area (Å²) in [7, 11) is 0. The first-order valence-electron chi connectivity index (χ1n) is 4.47. The van der Waals surface area contributed by atoms with E-state index in [2.05, 4.69) is 0 Å². The van der Waals surface area contributed by atoms with Gasteiger partial charge in [0.1, 0.15) is 0 Å². The molecule has 0 aromatic heterocycles. The molecule has 0 fully saturated rings. The molecule has 1 aromatic rings. The molecule has 2 N–H and O–H groups in total. The maximum absolute atomic E-state index is 10.9. The van der Waals surface area contributed by atoms with Crippen molar-refractivity contribution in [2.75, 3.05) is 0 Å². The molecule has 0 unspecified atom stereocenters. The molecule has 0 atom stereocenters. The van der Waals surface area contributed by atoms with Gasteiger partial charge in [-0.1, -0.05) is 30.3 Å². The van der Waals surface area contributed by atoms with Crippen LogP contribution in [0, 0.1) is 5.41 Å². The molecule has 84 valence electrons. The number of benzene rings is 1. The molecule has 0 heterocycles. The van der Waals surface area contributed by atoms with E-state index >= 15 is 0 Å². The Morgan fingerprint density at radius 1 is 1.18 bits per heavy atom. The first-order chi connectivity index (χ1) is 6.97. The summed E-state index contributed by atoms with van der Waals surface area (Å²) in [6.45, 7) is 1.21. The summed E-state index contributed by atoms with van der Waals surface area (Å²) in [4.78, 5) is 21.8. The van der Waals surface area contributed by atoms with Gasteiger partial charge in [0.2, 0.25) is 0 Å². The van der Waals surface area contributed by atoms with Crippen molar-refractivity contribution in [3.05, 3.63) is 35.9 Å². The van der Waals surface area contributed by atoms with Gasteiger partial charge in [0.05, 0.1) is 0 Å². The van der Waals surface area contributed by atoms with Crippen LogP contribution in [-0.2, 0) is 16.0 Å². The Bertz CT molecular complexity index is 376. The number of aliphatic carboxylic acids is 2. The van der Waals surface area contributed by atoms with Gasteiger partial charge >= 0.3 is 82.2 Å². The quantitative estimate of drug-likeness (QED) is 0.422. The van der Waals surface area contributed by atoms with Crippen LogP contribution in [-0.4, -0.2) is 22.2 Å². The van der Waals surface area contributed by atoms with E-state index < -0.39 is 17.4 Å². The standard InChI is InChI=1S/C11H12O4.K.Li.2H/c1-11(9(12)13,10(14)15)7-8-5-3-2-4-6-8;;;;/h2-6H,7H2,1H3,(H,12,13)(H,14,15);;;;/q;2*+1;2*-1. The predicted molar refractivity (Wildman–Crippen MR) is 55.7 cm³/mol. The van der Waals surface area contributed by atoms with Crippen LogP contribution in [0.5, 0.6) is 0 Å². The van der Waals surface area contributed by atoms with Crippen LogP contribution in [0.25, 0.3) is 0 Å². The van der Waals surface area contributed by atoms with Crippen molar-refractivity contribution in [3.8, 4) is 0 Å². The molecule has 4 nitrogen and oxygen atoms in total. The molecular formula is C11H14KLiO4. The van der Waals surface area contributed by atoms with Gasteiger partial charge in [0.25, 0.3) is 0 Å². The summed E-state index contributed by atoms with van der Waals surface area (Å²) in [5.74, 6) is -2.64. The monoisotopic (exact) mass is 256 g/mol. The summed E-state index contributed by atoms with van der Waals surface area (Å²) < 4.78 is 0. The molecule has 0 aliphatic heterocycles. The Balaban J connectivity index is -0.000000281. The second kappa shape index (κ2) is 8.49. The molecule has 6 heteroatoms. The van der Waals surface area contributed by atoms with Crippen molar-refractivity contribution in [2.45, 2.75) is 13.3 Å². The average Bonchev–Trinajstić information content (AvgIpc) is 2.18. The number of rotatable bonds is 4. The van der Waals surface area contributed by atoms with Crippen LogP contribution in [0.4, 0.5) is 0 Å². The van der Waals surface area contributed by atoms with Crippen molar-refractivity contribution in [1.82, 2.24) is 0 Å². The van der Waals surface area contributed by atoms with Crippen molar-refractivity contribution >= 4 is 11.9 Å². The fraction of sp³-hybridized carbons (Fsp3) is 0.273. The molecule has 0 radical (unpaired) electrons. The van der Waals surface area contributed by atoms with Crippen molar-refractivity contribution in [2.24, 2.45) is 5.41 Å². The van der Waals surface area contributed by atoms with Gasteiger partial charge in [-0.15, -0.1) is 0 Å². The van der Waals surface area contributed by atoms with Gasteiger partial charge in [-0.05, 0) is 18.9 Å². The van der Waals surface area contributed by atoms with Crippen LogP contribution in [0.15, 0.2) is 30.3 Å². The SMILES string of the molecule is CC(Cc1ccccc1)(C(=O)O)C(=O)O.[H-].[H-].[K+].[Li+]. The number of hydrogen-bond donors (Lipinski definition) is 2. The fourth-order valence-electron chi connectivity index (χ4n) is 1.25. The second-order valence-electron chi connectivity index (χ2n) is 3.60. The zero-order valence-corrected chi connectivity index (χ0v) is 13.4. The van der Waals surface area contributed by atoms with Gasteiger partial charge in [0, 0.05) is 0 Å². The van der Waals surface area contributed by atoms with E-state index in [0.29, 0.717) is 5.56 Å². The number of carboxylic acid groups (broad SMARTS) is 2. The maximum atomic E-state index is 10.9. The summed E-state index contributed by atoms with van der Waals surface area (Å²) in [5.41, 5.74) is -1.06. The normalized spacial score (nSPS) is 9.71. The van der Waals surface area contributed by atoms with Crippen molar-refractivity contribution in [1.29, 1.82) is 0 Å². The first-order valence-corrected chi connectivity index (χ1v) is 4.47. The molecule has 0 bridgehead atoms. The van der Waals surface area contributed by atoms with E-state index in [1.165, 1.54) is 6.92 Å². The Morgan fingerprint density at radius 2 is 1.59 bits per heavy atom. The summed E-state index contributed by atoms with van der Waals surface area (Å²) in [6, 6.07) is 8.72. The molecule has 0 aliphatic rings. The third-order valence-corrected chi connectivity index (χ3v) is 2.34.